The third-order valence-corrected chi connectivity index (χ3v) is 6.26. The van der Waals surface area contributed by atoms with Gasteiger partial charge in [0.2, 0.25) is 10.9 Å². The molecule has 11 heteroatoms. The first-order valence-corrected chi connectivity index (χ1v) is 10.8. The summed E-state index contributed by atoms with van der Waals surface area (Å²) in [5, 5.41) is 0.309. The third kappa shape index (κ3) is 3.28. The van der Waals surface area contributed by atoms with Crippen molar-refractivity contribution in [2.45, 2.75) is 0 Å². The molecule has 0 unspecified atom stereocenters. The molecule has 5 rings (SSSR count). The number of nitrogens with zero attached hydrogens (tertiary/aromatic N) is 4. The molecule has 34 heavy (non-hydrogen) atoms. The maximum absolute atomic E-state index is 13.8. The highest BCUT2D eigenvalue weighted by atomic mass is 32.1. The van der Waals surface area contributed by atoms with Crippen LogP contribution in [0, 0.1) is 5.82 Å². The lowest BCUT2D eigenvalue weighted by Gasteiger charge is -2.16. The number of methoxy groups -OCH3 is 3. The van der Waals surface area contributed by atoms with Crippen LogP contribution in [0.3, 0.4) is 0 Å². The molecule has 3 aromatic heterocycles. The average Bonchev–Trinajstić information content (AvgIpc) is 3.26. The van der Waals surface area contributed by atoms with Crippen molar-refractivity contribution in [1.82, 2.24) is 19.1 Å². The molecule has 0 atom stereocenters. The summed E-state index contributed by atoms with van der Waals surface area (Å²) < 4.78 is 32.7. The Hall–Kier alpha value is -4.25. The fourth-order valence-corrected chi connectivity index (χ4v) is 4.70. The Labute approximate surface area is 195 Å². The van der Waals surface area contributed by atoms with Gasteiger partial charge < -0.3 is 14.2 Å². The quantitative estimate of drug-likeness (QED) is 0.381. The zero-order chi connectivity index (χ0) is 24.0. The van der Waals surface area contributed by atoms with Gasteiger partial charge in [0.25, 0.3) is 5.56 Å². The van der Waals surface area contributed by atoms with Crippen molar-refractivity contribution >= 4 is 32.6 Å². The molecule has 0 aliphatic heterocycles. The minimum Gasteiger partial charge on any atom is -0.493 e. The van der Waals surface area contributed by atoms with Crippen molar-refractivity contribution in [2.75, 3.05) is 21.3 Å². The lowest BCUT2D eigenvalue weighted by atomic mass is 10.2. The van der Waals surface area contributed by atoms with Crippen LogP contribution in [0.25, 0.3) is 32.1 Å². The maximum Gasteiger partial charge on any atom is 0.343 e. The van der Waals surface area contributed by atoms with Crippen LogP contribution in [0.2, 0.25) is 0 Å². The Kier molecular flexibility index (Phi) is 5.25. The zero-order valence-electron chi connectivity index (χ0n) is 18.2. The SMILES string of the molecule is COc1cc(-n2c(=O)n(-c3nc4ccc(F)cc4s3)c(=O)c3cccnc32)cc(OC)c1OC. The Balaban J connectivity index is 1.88. The van der Waals surface area contributed by atoms with Gasteiger partial charge in [-0.25, -0.2) is 28.3 Å². The Morgan fingerprint density at radius 3 is 2.35 bits per heavy atom. The molecule has 0 spiro atoms. The molecule has 9 nitrogen and oxygen atoms in total. The summed E-state index contributed by atoms with van der Waals surface area (Å²) in [5.41, 5.74) is -0.334. The van der Waals surface area contributed by atoms with Crippen molar-refractivity contribution in [2.24, 2.45) is 0 Å². The monoisotopic (exact) mass is 480 g/mol. The van der Waals surface area contributed by atoms with E-state index in [2.05, 4.69) is 9.97 Å². The first kappa shape index (κ1) is 21.6. The number of hydrogen-bond acceptors (Lipinski definition) is 8. The molecule has 0 aliphatic carbocycles. The summed E-state index contributed by atoms with van der Waals surface area (Å²) in [6.45, 7) is 0. The van der Waals surface area contributed by atoms with Crippen molar-refractivity contribution in [1.29, 1.82) is 0 Å². The van der Waals surface area contributed by atoms with Gasteiger partial charge in [-0.15, -0.1) is 0 Å². The van der Waals surface area contributed by atoms with Crippen LogP contribution in [0.1, 0.15) is 0 Å². The molecule has 2 aromatic carbocycles. The molecule has 3 heterocycles. The molecule has 0 saturated carbocycles. The van der Waals surface area contributed by atoms with Crippen LogP contribution in [0.4, 0.5) is 4.39 Å². The lowest BCUT2D eigenvalue weighted by Crippen LogP contribution is -2.38. The van der Waals surface area contributed by atoms with Gasteiger partial charge in [-0.1, -0.05) is 11.3 Å². The van der Waals surface area contributed by atoms with Crippen LogP contribution in [0.5, 0.6) is 17.2 Å². The first-order chi connectivity index (χ1) is 16.5. The smallest absolute Gasteiger partial charge is 0.343 e. The number of thiazole rings is 1. The van der Waals surface area contributed by atoms with Gasteiger partial charge in [0.1, 0.15) is 5.82 Å². The van der Waals surface area contributed by atoms with Crippen LogP contribution >= 0.6 is 11.3 Å². The van der Waals surface area contributed by atoms with Crippen LogP contribution in [0.15, 0.2) is 58.3 Å². The molecule has 0 amide bonds. The summed E-state index contributed by atoms with van der Waals surface area (Å²) in [7, 11) is 4.39. The summed E-state index contributed by atoms with van der Waals surface area (Å²) in [6, 6.07) is 10.4. The predicted molar refractivity (Wildman–Crippen MR) is 126 cm³/mol. The highest BCUT2D eigenvalue weighted by molar-refractivity contribution is 7.20. The average molecular weight is 480 g/mol. The second-order valence-corrected chi connectivity index (χ2v) is 8.13. The van der Waals surface area contributed by atoms with E-state index in [9.17, 15) is 14.0 Å². The second-order valence-electron chi connectivity index (χ2n) is 7.13. The number of rotatable bonds is 5. The fourth-order valence-electron chi connectivity index (χ4n) is 3.72. The van der Waals surface area contributed by atoms with Crippen molar-refractivity contribution in [3.05, 3.63) is 75.3 Å². The van der Waals surface area contributed by atoms with Gasteiger partial charge in [0.05, 0.1) is 42.6 Å². The number of halogens is 1. The molecule has 0 aliphatic rings. The van der Waals surface area contributed by atoms with Crippen molar-refractivity contribution in [3.63, 3.8) is 0 Å². The Bertz CT molecular complexity index is 1670. The van der Waals surface area contributed by atoms with E-state index in [0.717, 1.165) is 15.9 Å². The van der Waals surface area contributed by atoms with E-state index in [0.29, 0.717) is 33.2 Å². The summed E-state index contributed by atoms with van der Waals surface area (Å²) in [5.74, 6) is 0.551. The number of benzene rings is 2. The fraction of sp³-hybridized carbons (Fsp3) is 0.130. The van der Waals surface area contributed by atoms with Gasteiger partial charge in [-0.05, 0) is 30.3 Å². The van der Waals surface area contributed by atoms with Crippen molar-refractivity contribution < 1.29 is 18.6 Å². The van der Waals surface area contributed by atoms with E-state index in [1.54, 1.807) is 24.3 Å². The molecule has 0 radical (unpaired) electrons. The van der Waals surface area contributed by atoms with E-state index in [1.807, 2.05) is 0 Å². The van der Waals surface area contributed by atoms with E-state index in [-0.39, 0.29) is 16.2 Å². The molecule has 0 bridgehead atoms. The molecular weight excluding hydrogens is 463 g/mol. The largest absolute Gasteiger partial charge is 0.493 e. The number of fused-ring (bicyclic) bond motifs is 2. The topological polar surface area (TPSA) is 97.5 Å². The minimum atomic E-state index is -0.704. The van der Waals surface area contributed by atoms with Crippen LogP contribution in [-0.4, -0.2) is 40.4 Å². The molecular formula is C23H17FN4O5S. The van der Waals surface area contributed by atoms with E-state index >= 15 is 0 Å². The van der Waals surface area contributed by atoms with Crippen LogP contribution < -0.4 is 25.5 Å². The number of ether oxygens (including phenoxy) is 3. The lowest BCUT2D eigenvalue weighted by molar-refractivity contribution is 0.324. The first-order valence-electron chi connectivity index (χ1n) is 9.96. The third-order valence-electron chi connectivity index (χ3n) is 5.25. The molecule has 172 valence electrons. The Morgan fingerprint density at radius 1 is 0.941 bits per heavy atom. The van der Waals surface area contributed by atoms with E-state index in [1.165, 1.54) is 50.3 Å². The van der Waals surface area contributed by atoms with Crippen molar-refractivity contribution in [3.8, 4) is 28.1 Å². The van der Waals surface area contributed by atoms with E-state index < -0.39 is 17.1 Å². The molecule has 0 fully saturated rings. The molecule has 0 N–H and O–H groups in total. The maximum atomic E-state index is 13.8. The van der Waals surface area contributed by atoms with Gasteiger partial charge >= 0.3 is 5.69 Å². The van der Waals surface area contributed by atoms with E-state index in [4.69, 9.17) is 14.2 Å². The standard InChI is InChI=1S/C23H17FN4O5S/c1-31-16-10-13(11-17(32-2)19(16)33-3)27-20-14(5-4-8-25-20)21(29)28(23(27)30)22-26-15-7-6-12(24)9-18(15)34-22/h4-11H,1-3H3. The van der Waals surface area contributed by atoms with Gasteiger partial charge in [0.15, 0.2) is 17.1 Å². The zero-order valence-corrected chi connectivity index (χ0v) is 19.1. The Morgan fingerprint density at radius 2 is 1.68 bits per heavy atom. The predicted octanol–water partition coefficient (Wildman–Crippen LogP) is 3.31. The summed E-state index contributed by atoms with van der Waals surface area (Å²) in [4.78, 5) is 35.8. The highest BCUT2D eigenvalue weighted by Crippen LogP contribution is 2.39. The second kappa shape index (κ2) is 8.27. The molecule has 5 aromatic rings. The number of pyridine rings is 1. The van der Waals surface area contributed by atoms with Gasteiger partial charge in [-0.2, -0.15) is 0 Å². The van der Waals surface area contributed by atoms with Gasteiger partial charge in [0, 0.05) is 18.3 Å². The summed E-state index contributed by atoms with van der Waals surface area (Å²) in [6.07, 6.45) is 1.49. The highest BCUT2D eigenvalue weighted by Gasteiger charge is 2.22. The van der Waals surface area contributed by atoms with Crippen LogP contribution in [-0.2, 0) is 0 Å². The number of aromatic nitrogens is 4. The summed E-state index contributed by atoms with van der Waals surface area (Å²) >= 11 is 1.04. The molecule has 0 saturated heterocycles. The minimum absolute atomic E-state index is 0.113. The normalized spacial score (nSPS) is 11.2. The number of hydrogen-bond donors (Lipinski definition) is 0. The van der Waals surface area contributed by atoms with Gasteiger partial charge in [-0.3, -0.25) is 4.79 Å².